The Bertz CT molecular complexity index is 1580. The molecule has 0 spiro atoms. The van der Waals surface area contributed by atoms with Crippen LogP contribution in [-0.4, -0.2) is 35.9 Å². The van der Waals surface area contributed by atoms with Gasteiger partial charge in [0.05, 0.1) is 17.4 Å². The van der Waals surface area contributed by atoms with E-state index >= 15 is 0 Å². The van der Waals surface area contributed by atoms with Crippen LogP contribution in [0.3, 0.4) is 0 Å². The Hall–Kier alpha value is -5.19. The summed E-state index contributed by atoms with van der Waals surface area (Å²) in [4.78, 5) is 42.6. The Morgan fingerprint density at radius 1 is 0.864 bits per heavy atom. The van der Waals surface area contributed by atoms with Crippen molar-refractivity contribution in [2.45, 2.75) is 26.1 Å². The van der Waals surface area contributed by atoms with E-state index in [9.17, 15) is 27.6 Å². The first-order chi connectivity index (χ1) is 21.0. The molecular formula is C33H31F3N4O4. The highest BCUT2D eigenvalue weighted by atomic mass is 19.4. The number of ether oxygens (including phenoxy) is 1. The van der Waals surface area contributed by atoms with Gasteiger partial charge < -0.3 is 20.7 Å². The van der Waals surface area contributed by atoms with Gasteiger partial charge in [-0.2, -0.15) is 13.2 Å². The van der Waals surface area contributed by atoms with Crippen LogP contribution in [0.4, 0.5) is 18.9 Å². The molecule has 0 saturated carbocycles. The summed E-state index contributed by atoms with van der Waals surface area (Å²) in [6.45, 7) is 3.99. The highest BCUT2D eigenvalue weighted by Gasteiger charge is 2.30. The van der Waals surface area contributed by atoms with Crippen LogP contribution in [0.15, 0.2) is 97.2 Å². The number of alkyl halides is 3. The zero-order chi connectivity index (χ0) is 31.7. The average Bonchev–Trinajstić information content (AvgIpc) is 3.02. The van der Waals surface area contributed by atoms with Crippen molar-refractivity contribution < 1.29 is 32.3 Å². The molecule has 3 aromatic carbocycles. The minimum atomic E-state index is -4.46. The number of hydrogen-bond acceptors (Lipinski definition) is 5. The fourth-order valence-electron chi connectivity index (χ4n) is 4.20. The fraction of sp³-hybridized carbons (Fsp3) is 0.212. The first kappa shape index (κ1) is 31.7. The molecule has 0 aliphatic rings. The van der Waals surface area contributed by atoms with E-state index in [4.69, 9.17) is 4.74 Å². The summed E-state index contributed by atoms with van der Waals surface area (Å²) in [6, 6.07) is 22.1. The van der Waals surface area contributed by atoms with Crippen LogP contribution in [0.5, 0.6) is 5.88 Å². The van der Waals surface area contributed by atoms with Gasteiger partial charge in [0.25, 0.3) is 11.8 Å². The molecule has 4 rings (SSSR count). The van der Waals surface area contributed by atoms with Crippen LogP contribution >= 0.6 is 0 Å². The number of amides is 3. The van der Waals surface area contributed by atoms with Crippen molar-refractivity contribution in [2.24, 2.45) is 5.92 Å². The number of benzene rings is 3. The van der Waals surface area contributed by atoms with E-state index < -0.39 is 36.2 Å². The van der Waals surface area contributed by atoms with E-state index in [1.54, 1.807) is 48.5 Å². The normalized spacial score (nSPS) is 11.9. The molecule has 1 atom stereocenters. The minimum absolute atomic E-state index is 0.115. The number of rotatable bonds is 11. The summed E-state index contributed by atoms with van der Waals surface area (Å²) < 4.78 is 44.4. The zero-order valence-corrected chi connectivity index (χ0v) is 24.0. The highest BCUT2D eigenvalue weighted by molar-refractivity contribution is 6.08. The number of hydrogen-bond donors (Lipinski definition) is 3. The number of aromatic nitrogens is 1. The first-order valence-electron chi connectivity index (χ1n) is 13.8. The molecule has 0 bridgehead atoms. The van der Waals surface area contributed by atoms with Gasteiger partial charge in [-0.3, -0.25) is 14.4 Å². The summed E-state index contributed by atoms with van der Waals surface area (Å²) in [5.74, 6) is -1.00. The molecule has 0 fully saturated rings. The van der Waals surface area contributed by atoms with Crippen LogP contribution < -0.4 is 20.7 Å². The van der Waals surface area contributed by atoms with Crippen molar-refractivity contribution in [1.82, 2.24) is 15.6 Å². The number of halogens is 3. The molecule has 1 heterocycles. The molecule has 1 aromatic heterocycles. The summed E-state index contributed by atoms with van der Waals surface area (Å²) in [5.41, 5.74) is 1.35. The second-order valence-electron chi connectivity index (χ2n) is 10.3. The number of carbonyl (C=O) groups is 3. The lowest BCUT2D eigenvalue weighted by atomic mass is 9.98. The predicted octanol–water partition coefficient (Wildman–Crippen LogP) is 6.03. The molecule has 0 aliphatic heterocycles. The van der Waals surface area contributed by atoms with Crippen LogP contribution in [0.1, 0.15) is 41.4 Å². The Labute approximate surface area is 252 Å². The molecule has 0 unspecified atom stereocenters. The van der Waals surface area contributed by atoms with Gasteiger partial charge in [-0.1, -0.05) is 74.5 Å². The first-order valence-corrected chi connectivity index (χ1v) is 13.8. The number of carbonyl (C=O) groups excluding carboxylic acids is 3. The summed E-state index contributed by atoms with van der Waals surface area (Å²) in [5, 5.41) is 8.24. The van der Waals surface area contributed by atoms with Gasteiger partial charge in [0.2, 0.25) is 11.8 Å². The van der Waals surface area contributed by atoms with Crippen LogP contribution in [0.25, 0.3) is 11.1 Å². The zero-order valence-electron chi connectivity index (χ0n) is 24.0. The van der Waals surface area contributed by atoms with Gasteiger partial charge >= 0.3 is 6.18 Å². The molecule has 3 amide bonds. The third-order valence-electron chi connectivity index (χ3n) is 6.43. The van der Waals surface area contributed by atoms with Crippen molar-refractivity contribution >= 4 is 23.4 Å². The predicted molar refractivity (Wildman–Crippen MR) is 160 cm³/mol. The number of nitrogens with zero attached hydrogens (tertiary/aromatic N) is 1. The third-order valence-corrected chi connectivity index (χ3v) is 6.43. The van der Waals surface area contributed by atoms with Crippen molar-refractivity contribution in [3.8, 4) is 17.0 Å². The lowest BCUT2D eigenvalue weighted by Gasteiger charge is -2.19. The SMILES string of the molecule is CC(C)CNC(=O)[C@@H](NC(=O)COc1ccc(NC(=O)c2ccccc2-c2ccc(C(F)(F)F)cc2)cn1)c1ccccc1. The van der Waals surface area contributed by atoms with E-state index in [2.05, 4.69) is 20.9 Å². The molecule has 0 radical (unpaired) electrons. The molecule has 4 aromatic rings. The molecule has 3 N–H and O–H groups in total. The van der Waals surface area contributed by atoms with Crippen molar-refractivity contribution in [2.75, 3.05) is 18.5 Å². The molecule has 0 saturated heterocycles. The number of nitrogens with one attached hydrogen (secondary N) is 3. The molecule has 0 aliphatic carbocycles. The molecule has 44 heavy (non-hydrogen) atoms. The molecular weight excluding hydrogens is 573 g/mol. The van der Waals surface area contributed by atoms with Gasteiger partial charge in [-0.05, 0) is 46.9 Å². The lowest BCUT2D eigenvalue weighted by molar-refractivity contribution is -0.137. The van der Waals surface area contributed by atoms with E-state index in [1.807, 2.05) is 19.9 Å². The third kappa shape index (κ3) is 8.66. The van der Waals surface area contributed by atoms with E-state index in [-0.39, 0.29) is 23.3 Å². The van der Waals surface area contributed by atoms with Crippen LogP contribution in [0, 0.1) is 5.92 Å². The van der Waals surface area contributed by atoms with Crippen molar-refractivity contribution in [3.63, 3.8) is 0 Å². The topological polar surface area (TPSA) is 109 Å². The standard InChI is InChI=1S/C33H31F3N4O4/c1-21(2)18-38-32(43)30(23-8-4-3-5-9-23)40-28(41)20-44-29-17-16-25(19-37-29)39-31(42)27-11-7-6-10-26(27)22-12-14-24(15-13-22)33(34,35)36/h3-17,19,21,30H,18,20H2,1-2H3,(H,38,43)(H,39,42)(H,40,41)/t30-/m0/s1. The van der Waals surface area contributed by atoms with Crippen LogP contribution in [0.2, 0.25) is 0 Å². The maximum Gasteiger partial charge on any atom is 0.416 e. The van der Waals surface area contributed by atoms with E-state index in [0.717, 1.165) is 12.1 Å². The monoisotopic (exact) mass is 604 g/mol. The van der Waals surface area contributed by atoms with Gasteiger partial charge in [0, 0.05) is 18.2 Å². The maximum atomic E-state index is 13.1. The lowest BCUT2D eigenvalue weighted by Crippen LogP contribution is -2.43. The van der Waals surface area contributed by atoms with E-state index in [0.29, 0.717) is 28.9 Å². The average molecular weight is 605 g/mol. The Morgan fingerprint density at radius 2 is 1.55 bits per heavy atom. The van der Waals surface area contributed by atoms with Crippen LogP contribution in [-0.2, 0) is 15.8 Å². The molecule has 11 heteroatoms. The molecule has 228 valence electrons. The Kier molecular flexibility index (Phi) is 10.3. The Morgan fingerprint density at radius 3 is 2.18 bits per heavy atom. The fourth-order valence-corrected chi connectivity index (χ4v) is 4.20. The minimum Gasteiger partial charge on any atom is -0.468 e. The van der Waals surface area contributed by atoms with Gasteiger partial charge in [-0.25, -0.2) is 4.98 Å². The Balaban J connectivity index is 1.36. The van der Waals surface area contributed by atoms with Crippen molar-refractivity contribution in [1.29, 1.82) is 0 Å². The summed E-state index contributed by atoms with van der Waals surface area (Å²) in [6.07, 6.45) is -3.12. The summed E-state index contributed by atoms with van der Waals surface area (Å²) in [7, 11) is 0. The second-order valence-corrected chi connectivity index (χ2v) is 10.3. The largest absolute Gasteiger partial charge is 0.468 e. The second kappa shape index (κ2) is 14.3. The highest BCUT2D eigenvalue weighted by Crippen LogP contribution is 2.32. The van der Waals surface area contributed by atoms with Gasteiger partial charge in [0.1, 0.15) is 6.04 Å². The number of pyridine rings is 1. The van der Waals surface area contributed by atoms with Crippen molar-refractivity contribution in [3.05, 3.63) is 114 Å². The maximum absolute atomic E-state index is 13.1. The van der Waals surface area contributed by atoms with Gasteiger partial charge in [0.15, 0.2) is 6.61 Å². The summed E-state index contributed by atoms with van der Waals surface area (Å²) >= 11 is 0. The van der Waals surface area contributed by atoms with Gasteiger partial charge in [-0.15, -0.1) is 0 Å². The van der Waals surface area contributed by atoms with E-state index in [1.165, 1.54) is 30.5 Å². The number of anilines is 1. The smallest absolute Gasteiger partial charge is 0.416 e. The quantitative estimate of drug-likeness (QED) is 0.194. The molecule has 8 nitrogen and oxygen atoms in total.